The van der Waals surface area contributed by atoms with Crippen LogP contribution in [0.2, 0.25) is 0 Å². The predicted molar refractivity (Wildman–Crippen MR) is 60.1 cm³/mol. The van der Waals surface area contributed by atoms with Gasteiger partial charge in [0.05, 0.1) is 12.1 Å². The van der Waals surface area contributed by atoms with Gasteiger partial charge in [-0.3, -0.25) is 4.90 Å². The molecule has 2 rings (SSSR count). The highest BCUT2D eigenvalue weighted by Crippen LogP contribution is 2.18. The summed E-state index contributed by atoms with van der Waals surface area (Å²) in [6, 6.07) is 12.9. The van der Waals surface area contributed by atoms with Gasteiger partial charge in [0.15, 0.2) is 0 Å². The molecule has 2 nitrogen and oxygen atoms in total. The third kappa shape index (κ3) is 2.57. The largest absolute Gasteiger partial charge is 0.284 e. The van der Waals surface area contributed by atoms with E-state index < -0.39 is 0 Å². The van der Waals surface area contributed by atoms with E-state index in [9.17, 15) is 0 Å². The van der Waals surface area contributed by atoms with E-state index in [4.69, 9.17) is 5.26 Å². The minimum Gasteiger partial charge on any atom is -0.284 e. The SMILES string of the molecule is N#C[C@H]1CCCCN1Cc1ccccc1. The van der Waals surface area contributed by atoms with Gasteiger partial charge in [-0.1, -0.05) is 30.3 Å². The molecule has 1 saturated heterocycles. The molecule has 1 fully saturated rings. The fourth-order valence-electron chi connectivity index (χ4n) is 2.14. The molecule has 1 aliphatic rings. The van der Waals surface area contributed by atoms with Crippen LogP contribution in [-0.2, 0) is 6.54 Å². The molecule has 0 amide bonds. The van der Waals surface area contributed by atoms with Crippen molar-refractivity contribution in [1.29, 1.82) is 5.26 Å². The fourth-order valence-corrected chi connectivity index (χ4v) is 2.14. The molecule has 0 saturated carbocycles. The summed E-state index contributed by atoms with van der Waals surface area (Å²) in [6.45, 7) is 1.98. The summed E-state index contributed by atoms with van der Waals surface area (Å²) in [5.41, 5.74) is 1.31. The number of hydrogen-bond donors (Lipinski definition) is 0. The zero-order chi connectivity index (χ0) is 10.5. The van der Waals surface area contributed by atoms with Crippen LogP contribution in [0.3, 0.4) is 0 Å². The topological polar surface area (TPSA) is 27.0 Å². The van der Waals surface area contributed by atoms with Gasteiger partial charge < -0.3 is 0 Å². The van der Waals surface area contributed by atoms with Crippen molar-refractivity contribution in [3.8, 4) is 6.07 Å². The molecule has 0 aliphatic carbocycles. The molecule has 0 spiro atoms. The molecule has 0 unspecified atom stereocenters. The van der Waals surface area contributed by atoms with E-state index in [1.807, 2.05) is 6.07 Å². The summed E-state index contributed by atoms with van der Waals surface area (Å²) in [6.07, 6.45) is 3.46. The Morgan fingerprint density at radius 3 is 2.80 bits per heavy atom. The van der Waals surface area contributed by atoms with E-state index >= 15 is 0 Å². The van der Waals surface area contributed by atoms with Crippen LogP contribution in [0.15, 0.2) is 30.3 Å². The maximum absolute atomic E-state index is 9.05. The van der Waals surface area contributed by atoms with Crippen molar-refractivity contribution >= 4 is 0 Å². The summed E-state index contributed by atoms with van der Waals surface area (Å²) in [4.78, 5) is 2.29. The molecule has 15 heavy (non-hydrogen) atoms. The second-order valence-electron chi connectivity index (χ2n) is 4.10. The second-order valence-corrected chi connectivity index (χ2v) is 4.10. The van der Waals surface area contributed by atoms with Gasteiger partial charge in [0, 0.05) is 6.54 Å². The number of piperidine rings is 1. The Labute approximate surface area is 91.1 Å². The molecule has 1 atom stereocenters. The summed E-state index contributed by atoms with van der Waals surface area (Å²) in [5, 5.41) is 9.05. The quantitative estimate of drug-likeness (QED) is 0.733. The van der Waals surface area contributed by atoms with Gasteiger partial charge in [-0.15, -0.1) is 0 Å². The highest BCUT2D eigenvalue weighted by Gasteiger charge is 2.21. The van der Waals surface area contributed by atoms with Crippen molar-refractivity contribution in [3.05, 3.63) is 35.9 Å². The zero-order valence-corrected chi connectivity index (χ0v) is 8.89. The normalized spacial score (nSPS) is 22.2. The Morgan fingerprint density at radius 1 is 1.27 bits per heavy atom. The Hall–Kier alpha value is -1.33. The fraction of sp³-hybridized carbons (Fsp3) is 0.462. The summed E-state index contributed by atoms with van der Waals surface area (Å²) < 4.78 is 0. The summed E-state index contributed by atoms with van der Waals surface area (Å²) in [7, 11) is 0. The van der Waals surface area contributed by atoms with Crippen LogP contribution in [0.4, 0.5) is 0 Å². The standard InChI is InChI=1S/C13H16N2/c14-10-13-8-4-5-9-15(13)11-12-6-2-1-3-7-12/h1-3,6-7,13H,4-5,8-9,11H2/t13-/m1/s1. The van der Waals surface area contributed by atoms with Gasteiger partial charge in [0.1, 0.15) is 0 Å². The average molecular weight is 200 g/mol. The first-order valence-electron chi connectivity index (χ1n) is 5.58. The van der Waals surface area contributed by atoms with Crippen molar-refractivity contribution in [3.63, 3.8) is 0 Å². The molecule has 2 heteroatoms. The van der Waals surface area contributed by atoms with E-state index in [-0.39, 0.29) is 6.04 Å². The van der Waals surface area contributed by atoms with Crippen molar-refractivity contribution < 1.29 is 0 Å². The Kier molecular flexibility index (Phi) is 3.37. The van der Waals surface area contributed by atoms with Gasteiger partial charge in [0.25, 0.3) is 0 Å². The van der Waals surface area contributed by atoms with E-state index in [0.29, 0.717) is 0 Å². The first kappa shape index (κ1) is 10.2. The van der Waals surface area contributed by atoms with Gasteiger partial charge in [-0.05, 0) is 31.4 Å². The van der Waals surface area contributed by atoms with E-state index in [1.165, 1.54) is 18.4 Å². The monoisotopic (exact) mass is 200 g/mol. The van der Waals surface area contributed by atoms with Gasteiger partial charge >= 0.3 is 0 Å². The maximum Gasteiger partial charge on any atom is 0.0980 e. The van der Waals surface area contributed by atoms with E-state index in [0.717, 1.165) is 19.5 Å². The number of rotatable bonds is 2. The van der Waals surface area contributed by atoms with E-state index in [1.54, 1.807) is 0 Å². The van der Waals surface area contributed by atoms with Crippen LogP contribution in [-0.4, -0.2) is 17.5 Å². The molecule has 1 aliphatic heterocycles. The van der Waals surface area contributed by atoms with Crippen LogP contribution in [0, 0.1) is 11.3 Å². The third-order valence-corrected chi connectivity index (χ3v) is 2.99. The number of benzene rings is 1. The van der Waals surface area contributed by atoms with Crippen molar-refractivity contribution in [2.75, 3.05) is 6.54 Å². The maximum atomic E-state index is 9.05. The Bertz CT molecular complexity index is 339. The van der Waals surface area contributed by atoms with Gasteiger partial charge in [0.2, 0.25) is 0 Å². The molecule has 1 aromatic carbocycles. The Morgan fingerprint density at radius 2 is 2.07 bits per heavy atom. The summed E-state index contributed by atoms with van der Waals surface area (Å²) in [5.74, 6) is 0. The molecule has 1 aromatic rings. The first-order valence-corrected chi connectivity index (χ1v) is 5.58. The molecule has 0 aromatic heterocycles. The highest BCUT2D eigenvalue weighted by atomic mass is 15.2. The molecule has 0 bridgehead atoms. The molecular formula is C13H16N2. The number of nitriles is 1. The molecule has 0 radical (unpaired) electrons. The van der Waals surface area contributed by atoms with Crippen LogP contribution in [0.25, 0.3) is 0 Å². The minimum atomic E-state index is 0.124. The van der Waals surface area contributed by atoms with Crippen LogP contribution in [0.5, 0.6) is 0 Å². The average Bonchev–Trinajstić information content (AvgIpc) is 2.31. The van der Waals surface area contributed by atoms with Crippen LogP contribution < -0.4 is 0 Å². The van der Waals surface area contributed by atoms with Crippen LogP contribution >= 0.6 is 0 Å². The van der Waals surface area contributed by atoms with Crippen molar-refractivity contribution in [2.45, 2.75) is 31.8 Å². The molecule has 78 valence electrons. The lowest BCUT2D eigenvalue weighted by Gasteiger charge is -2.31. The zero-order valence-electron chi connectivity index (χ0n) is 8.89. The summed E-state index contributed by atoms with van der Waals surface area (Å²) >= 11 is 0. The first-order chi connectivity index (χ1) is 7.40. The van der Waals surface area contributed by atoms with Gasteiger partial charge in [-0.25, -0.2) is 0 Å². The molecular weight excluding hydrogens is 184 g/mol. The lowest BCUT2D eigenvalue weighted by atomic mass is 10.0. The second kappa shape index (κ2) is 4.95. The minimum absolute atomic E-state index is 0.124. The number of nitrogens with zero attached hydrogens (tertiary/aromatic N) is 2. The highest BCUT2D eigenvalue weighted by molar-refractivity contribution is 5.15. The third-order valence-electron chi connectivity index (χ3n) is 2.99. The molecule has 1 heterocycles. The van der Waals surface area contributed by atoms with Crippen LogP contribution in [0.1, 0.15) is 24.8 Å². The predicted octanol–water partition coefficient (Wildman–Crippen LogP) is 2.56. The smallest absolute Gasteiger partial charge is 0.0980 e. The van der Waals surface area contributed by atoms with Gasteiger partial charge in [-0.2, -0.15) is 5.26 Å². The van der Waals surface area contributed by atoms with E-state index in [2.05, 4.69) is 35.2 Å². The van der Waals surface area contributed by atoms with Crippen molar-refractivity contribution in [2.24, 2.45) is 0 Å². The lowest BCUT2D eigenvalue weighted by molar-refractivity contribution is 0.176. The number of likely N-dealkylation sites (tertiary alicyclic amines) is 1. The lowest BCUT2D eigenvalue weighted by Crippen LogP contribution is -2.37. The Balaban J connectivity index is 2.01. The van der Waals surface area contributed by atoms with Crippen molar-refractivity contribution in [1.82, 2.24) is 4.90 Å². The number of hydrogen-bond acceptors (Lipinski definition) is 2. The molecule has 0 N–H and O–H groups in total.